The van der Waals surface area contributed by atoms with Gasteiger partial charge in [0.05, 0.1) is 18.3 Å². The molecule has 16 heavy (non-hydrogen) atoms. The van der Waals surface area contributed by atoms with Gasteiger partial charge in [0.25, 0.3) is 5.56 Å². The molecule has 0 radical (unpaired) electrons. The van der Waals surface area contributed by atoms with Crippen molar-refractivity contribution in [1.82, 2.24) is 9.97 Å². The van der Waals surface area contributed by atoms with Crippen molar-refractivity contribution in [2.75, 3.05) is 13.2 Å². The van der Waals surface area contributed by atoms with E-state index in [9.17, 15) is 4.79 Å². The van der Waals surface area contributed by atoms with Gasteiger partial charge in [-0.25, -0.2) is 4.98 Å². The first-order valence-electron chi connectivity index (χ1n) is 5.21. The summed E-state index contributed by atoms with van der Waals surface area (Å²) in [5.74, 6) is 0.873. The van der Waals surface area contributed by atoms with Crippen LogP contribution in [0.15, 0.2) is 10.9 Å². The Labute approximate surface area is 94.8 Å². The summed E-state index contributed by atoms with van der Waals surface area (Å²) in [5, 5.41) is 0. The van der Waals surface area contributed by atoms with Crippen molar-refractivity contribution in [3.8, 4) is 5.88 Å². The molecule has 0 aliphatic heterocycles. The standard InChI is InChI=1S/C11H18N2O3/c1-8-12-9(14)7-10(13-8)15-5-6-16-11(2,3)4/h7H,5-6H2,1-4H3,(H,12,13,14). The maximum Gasteiger partial charge on any atom is 0.254 e. The number of hydrogen-bond donors (Lipinski definition) is 1. The van der Waals surface area contributed by atoms with Gasteiger partial charge in [0.1, 0.15) is 12.4 Å². The van der Waals surface area contributed by atoms with Crippen LogP contribution in [0.5, 0.6) is 5.88 Å². The Morgan fingerprint density at radius 2 is 2.06 bits per heavy atom. The molecule has 5 heteroatoms. The summed E-state index contributed by atoms with van der Waals surface area (Å²) in [6.45, 7) is 8.48. The highest BCUT2D eigenvalue weighted by Crippen LogP contribution is 2.06. The van der Waals surface area contributed by atoms with Crippen LogP contribution in [0.3, 0.4) is 0 Å². The lowest BCUT2D eigenvalue weighted by atomic mass is 10.2. The Bertz CT molecular complexity index is 393. The van der Waals surface area contributed by atoms with Crippen LogP contribution in [0.4, 0.5) is 0 Å². The van der Waals surface area contributed by atoms with Gasteiger partial charge in [-0.3, -0.25) is 4.79 Å². The first kappa shape index (κ1) is 12.7. The molecule has 0 atom stereocenters. The molecule has 0 amide bonds. The lowest BCUT2D eigenvalue weighted by molar-refractivity contribution is -0.0168. The summed E-state index contributed by atoms with van der Waals surface area (Å²) >= 11 is 0. The number of nitrogens with one attached hydrogen (secondary N) is 1. The highest BCUT2D eigenvalue weighted by atomic mass is 16.5. The van der Waals surface area contributed by atoms with E-state index in [2.05, 4.69) is 9.97 Å². The molecule has 0 bridgehead atoms. The van der Waals surface area contributed by atoms with E-state index in [1.165, 1.54) is 6.07 Å². The van der Waals surface area contributed by atoms with Crippen molar-refractivity contribution in [3.63, 3.8) is 0 Å². The zero-order valence-electron chi connectivity index (χ0n) is 10.2. The minimum absolute atomic E-state index is 0.180. The molecule has 0 aromatic carbocycles. The molecule has 1 aromatic heterocycles. The third-order valence-electron chi connectivity index (χ3n) is 1.70. The van der Waals surface area contributed by atoms with Crippen LogP contribution >= 0.6 is 0 Å². The molecule has 1 rings (SSSR count). The summed E-state index contributed by atoms with van der Waals surface area (Å²) < 4.78 is 10.8. The minimum atomic E-state index is -0.209. The molecule has 0 unspecified atom stereocenters. The van der Waals surface area contributed by atoms with Gasteiger partial charge in [-0.2, -0.15) is 0 Å². The van der Waals surface area contributed by atoms with Gasteiger partial charge in [0.15, 0.2) is 0 Å². The fraction of sp³-hybridized carbons (Fsp3) is 0.636. The molecule has 0 spiro atoms. The van der Waals surface area contributed by atoms with Gasteiger partial charge in [-0.15, -0.1) is 0 Å². The SMILES string of the molecule is Cc1nc(OCCOC(C)(C)C)cc(=O)[nH]1. The van der Waals surface area contributed by atoms with Gasteiger partial charge < -0.3 is 14.5 Å². The number of hydrogen-bond acceptors (Lipinski definition) is 4. The minimum Gasteiger partial charge on any atom is -0.475 e. The van der Waals surface area contributed by atoms with Gasteiger partial charge >= 0.3 is 0 Å². The molecule has 90 valence electrons. The zero-order valence-corrected chi connectivity index (χ0v) is 10.2. The predicted octanol–water partition coefficient (Wildman–Crippen LogP) is 1.27. The topological polar surface area (TPSA) is 64.2 Å². The molecule has 1 aromatic rings. The Morgan fingerprint density at radius 1 is 1.38 bits per heavy atom. The fourth-order valence-electron chi connectivity index (χ4n) is 1.12. The van der Waals surface area contributed by atoms with E-state index < -0.39 is 0 Å². The molecule has 1 heterocycles. The van der Waals surface area contributed by atoms with Crippen molar-refractivity contribution in [2.45, 2.75) is 33.3 Å². The average Bonchev–Trinajstić information content (AvgIpc) is 2.09. The van der Waals surface area contributed by atoms with Crippen LogP contribution in [-0.4, -0.2) is 28.8 Å². The monoisotopic (exact) mass is 226 g/mol. The van der Waals surface area contributed by atoms with E-state index in [-0.39, 0.29) is 11.2 Å². The predicted molar refractivity (Wildman–Crippen MR) is 60.8 cm³/mol. The summed E-state index contributed by atoms with van der Waals surface area (Å²) in [4.78, 5) is 17.7. The summed E-state index contributed by atoms with van der Waals surface area (Å²) in [5.41, 5.74) is -0.389. The van der Waals surface area contributed by atoms with E-state index in [1.807, 2.05) is 20.8 Å². The first-order chi connectivity index (χ1) is 7.37. The van der Waals surface area contributed by atoms with Gasteiger partial charge in [-0.1, -0.05) is 0 Å². The van der Waals surface area contributed by atoms with Crippen LogP contribution in [0.25, 0.3) is 0 Å². The zero-order chi connectivity index (χ0) is 12.2. The van der Waals surface area contributed by atoms with Gasteiger partial charge in [-0.05, 0) is 27.7 Å². The Kier molecular flexibility index (Phi) is 4.06. The van der Waals surface area contributed by atoms with E-state index in [1.54, 1.807) is 6.92 Å². The van der Waals surface area contributed by atoms with Crippen LogP contribution in [0.1, 0.15) is 26.6 Å². The molecule has 0 fully saturated rings. The summed E-state index contributed by atoms with van der Waals surface area (Å²) in [6, 6.07) is 1.32. The molecule has 0 saturated heterocycles. The molecule has 5 nitrogen and oxygen atoms in total. The van der Waals surface area contributed by atoms with Crippen molar-refractivity contribution in [1.29, 1.82) is 0 Å². The number of nitrogens with zero attached hydrogens (tertiary/aromatic N) is 1. The molecule has 0 aliphatic rings. The number of H-pyrrole nitrogens is 1. The highest BCUT2D eigenvalue weighted by Gasteiger charge is 2.09. The summed E-state index contributed by atoms with van der Waals surface area (Å²) in [7, 11) is 0. The Morgan fingerprint density at radius 3 is 2.62 bits per heavy atom. The molecule has 1 N–H and O–H groups in total. The third-order valence-corrected chi connectivity index (χ3v) is 1.70. The highest BCUT2D eigenvalue weighted by molar-refractivity contribution is 5.07. The van der Waals surface area contributed by atoms with Gasteiger partial charge in [0, 0.05) is 0 Å². The number of aromatic nitrogens is 2. The van der Waals surface area contributed by atoms with Crippen molar-refractivity contribution in [2.24, 2.45) is 0 Å². The van der Waals surface area contributed by atoms with Crippen LogP contribution in [0, 0.1) is 6.92 Å². The van der Waals surface area contributed by atoms with E-state index in [0.717, 1.165) is 0 Å². The van der Waals surface area contributed by atoms with E-state index in [0.29, 0.717) is 24.9 Å². The quantitative estimate of drug-likeness (QED) is 0.785. The lowest BCUT2D eigenvalue weighted by Gasteiger charge is -2.19. The van der Waals surface area contributed by atoms with Crippen LogP contribution < -0.4 is 10.3 Å². The maximum atomic E-state index is 11.1. The largest absolute Gasteiger partial charge is 0.475 e. The third kappa shape index (κ3) is 4.93. The fourth-order valence-corrected chi connectivity index (χ4v) is 1.12. The summed E-state index contributed by atoms with van der Waals surface area (Å²) in [6.07, 6.45) is 0. The van der Waals surface area contributed by atoms with Crippen molar-refractivity contribution in [3.05, 3.63) is 22.2 Å². The average molecular weight is 226 g/mol. The number of aromatic amines is 1. The molecular formula is C11H18N2O3. The van der Waals surface area contributed by atoms with Crippen LogP contribution in [0.2, 0.25) is 0 Å². The van der Waals surface area contributed by atoms with E-state index >= 15 is 0 Å². The smallest absolute Gasteiger partial charge is 0.254 e. The number of aryl methyl sites for hydroxylation is 1. The van der Waals surface area contributed by atoms with E-state index in [4.69, 9.17) is 9.47 Å². The first-order valence-corrected chi connectivity index (χ1v) is 5.21. The second kappa shape index (κ2) is 5.12. The number of ether oxygens (including phenoxy) is 2. The van der Waals surface area contributed by atoms with Crippen molar-refractivity contribution >= 4 is 0 Å². The van der Waals surface area contributed by atoms with Crippen molar-refractivity contribution < 1.29 is 9.47 Å². The van der Waals surface area contributed by atoms with Crippen LogP contribution in [-0.2, 0) is 4.74 Å². The molecule has 0 aliphatic carbocycles. The number of rotatable bonds is 4. The van der Waals surface area contributed by atoms with Gasteiger partial charge in [0.2, 0.25) is 5.88 Å². The second-order valence-electron chi connectivity index (χ2n) is 4.48. The Hall–Kier alpha value is -1.36. The molecule has 0 saturated carbocycles. The normalized spacial score (nSPS) is 11.5. The second-order valence-corrected chi connectivity index (χ2v) is 4.48. The lowest BCUT2D eigenvalue weighted by Crippen LogP contribution is -2.23. The molecular weight excluding hydrogens is 208 g/mol. The Balaban J connectivity index is 2.40. The maximum absolute atomic E-state index is 11.1.